The molecule has 0 aliphatic heterocycles. The molecule has 1 fully saturated rings. The summed E-state index contributed by atoms with van der Waals surface area (Å²) in [4.78, 5) is 12.8. The van der Waals surface area contributed by atoms with E-state index in [0.717, 1.165) is 0 Å². The van der Waals surface area contributed by atoms with E-state index in [2.05, 4.69) is 10.2 Å². The van der Waals surface area contributed by atoms with Crippen LogP contribution in [0, 0.1) is 18.6 Å². The van der Waals surface area contributed by atoms with E-state index in [1.165, 1.54) is 13.2 Å². The maximum atomic E-state index is 15.0. The third kappa shape index (κ3) is 2.62. The SMILES string of the molecule is COC(=O)[C@@]1(c2cccc(F)c2C)CC[C@@H](c2ccc3cn[nH]c3c2F)C1. The number of carbonyl (C=O) groups excluding carboxylic acids is 1. The third-order valence-electron chi connectivity index (χ3n) is 5.90. The molecule has 0 amide bonds. The zero-order valence-electron chi connectivity index (χ0n) is 15.2. The van der Waals surface area contributed by atoms with Crippen molar-refractivity contribution in [3.63, 3.8) is 0 Å². The molecule has 0 radical (unpaired) electrons. The van der Waals surface area contributed by atoms with Crippen molar-refractivity contribution < 1.29 is 18.3 Å². The summed E-state index contributed by atoms with van der Waals surface area (Å²) in [5.41, 5.74) is 1.01. The Morgan fingerprint density at radius 1 is 1.30 bits per heavy atom. The fraction of sp³-hybridized carbons (Fsp3) is 0.333. The van der Waals surface area contributed by atoms with Gasteiger partial charge in [0.15, 0.2) is 5.82 Å². The smallest absolute Gasteiger partial charge is 0.316 e. The van der Waals surface area contributed by atoms with Crippen molar-refractivity contribution >= 4 is 16.9 Å². The molecule has 1 N–H and O–H groups in total. The third-order valence-corrected chi connectivity index (χ3v) is 5.90. The van der Waals surface area contributed by atoms with Crippen LogP contribution in [0.5, 0.6) is 0 Å². The van der Waals surface area contributed by atoms with Crippen molar-refractivity contribution in [2.24, 2.45) is 0 Å². The number of hydrogen-bond donors (Lipinski definition) is 1. The normalized spacial score (nSPS) is 22.3. The molecule has 0 unspecified atom stereocenters. The van der Waals surface area contributed by atoms with Gasteiger partial charge in [-0.05, 0) is 54.9 Å². The van der Waals surface area contributed by atoms with Gasteiger partial charge in [-0.25, -0.2) is 8.78 Å². The Hall–Kier alpha value is -2.76. The van der Waals surface area contributed by atoms with Crippen LogP contribution in [0.25, 0.3) is 10.9 Å². The number of aromatic nitrogens is 2. The first-order chi connectivity index (χ1) is 13.0. The summed E-state index contributed by atoms with van der Waals surface area (Å²) in [6.07, 6.45) is 3.04. The molecule has 6 heteroatoms. The number of rotatable bonds is 3. The first-order valence-corrected chi connectivity index (χ1v) is 8.93. The van der Waals surface area contributed by atoms with Crippen LogP contribution in [0.3, 0.4) is 0 Å². The molecule has 1 aliphatic rings. The van der Waals surface area contributed by atoms with Gasteiger partial charge in [-0.1, -0.05) is 24.3 Å². The predicted molar refractivity (Wildman–Crippen MR) is 97.5 cm³/mol. The second-order valence-electron chi connectivity index (χ2n) is 7.23. The average molecular weight is 370 g/mol. The Morgan fingerprint density at radius 2 is 2.11 bits per heavy atom. The lowest BCUT2D eigenvalue weighted by Gasteiger charge is -2.29. The van der Waals surface area contributed by atoms with Crippen molar-refractivity contribution in [3.8, 4) is 0 Å². The summed E-state index contributed by atoms with van der Waals surface area (Å²) in [7, 11) is 1.34. The van der Waals surface area contributed by atoms with Crippen LogP contribution in [-0.4, -0.2) is 23.3 Å². The number of H-pyrrole nitrogens is 1. The molecule has 140 valence electrons. The second kappa shape index (κ2) is 6.44. The molecule has 0 spiro atoms. The van der Waals surface area contributed by atoms with E-state index in [0.29, 0.717) is 46.9 Å². The lowest BCUT2D eigenvalue weighted by atomic mass is 9.75. The van der Waals surface area contributed by atoms with E-state index < -0.39 is 11.4 Å². The van der Waals surface area contributed by atoms with Crippen molar-refractivity contribution in [2.45, 2.75) is 37.5 Å². The van der Waals surface area contributed by atoms with Crippen LogP contribution in [0.2, 0.25) is 0 Å². The predicted octanol–water partition coefficient (Wildman–Crippen LogP) is 4.53. The van der Waals surface area contributed by atoms with E-state index >= 15 is 0 Å². The first-order valence-electron chi connectivity index (χ1n) is 8.93. The van der Waals surface area contributed by atoms with Crippen LogP contribution in [-0.2, 0) is 14.9 Å². The molecule has 2 aromatic carbocycles. The number of fused-ring (bicyclic) bond motifs is 1. The molecule has 2 atom stereocenters. The van der Waals surface area contributed by atoms with E-state index in [-0.39, 0.29) is 17.6 Å². The molecular weight excluding hydrogens is 350 g/mol. The van der Waals surface area contributed by atoms with Crippen LogP contribution in [0.4, 0.5) is 8.78 Å². The average Bonchev–Trinajstić information content (AvgIpc) is 3.32. The summed E-state index contributed by atoms with van der Waals surface area (Å²) in [5.74, 6) is -1.27. The molecule has 3 aromatic rings. The molecule has 0 saturated heterocycles. The first kappa shape index (κ1) is 17.6. The highest BCUT2D eigenvalue weighted by atomic mass is 19.1. The highest BCUT2D eigenvalue weighted by molar-refractivity contribution is 5.85. The van der Waals surface area contributed by atoms with Crippen molar-refractivity contribution in [1.29, 1.82) is 0 Å². The van der Waals surface area contributed by atoms with Crippen LogP contribution < -0.4 is 0 Å². The summed E-state index contributed by atoms with van der Waals surface area (Å²) in [6.45, 7) is 1.67. The largest absolute Gasteiger partial charge is 0.468 e. The summed E-state index contributed by atoms with van der Waals surface area (Å²) in [6, 6.07) is 8.33. The van der Waals surface area contributed by atoms with Gasteiger partial charge in [0, 0.05) is 5.39 Å². The van der Waals surface area contributed by atoms with E-state index in [9.17, 15) is 13.6 Å². The highest BCUT2D eigenvalue weighted by Gasteiger charge is 2.49. The maximum absolute atomic E-state index is 15.0. The zero-order valence-corrected chi connectivity index (χ0v) is 15.2. The van der Waals surface area contributed by atoms with Gasteiger partial charge < -0.3 is 4.74 Å². The number of aromatic amines is 1. The number of halogens is 2. The van der Waals surface area contributed by atoms with Gasteiger partial charge in [0.2, 0.25) is 0 Å². The Balaban J connectivity index is 1.79. The summed E-state index contributed by atoms with van der Waals surface area (Å²) < 4.78 is 34.2. The quantitative estimate of drug-likeness (QED) is 0.689. The summed E-state index contributed by atoms with van der Waals surface area (Å²) >= 11 is 0. The van der Waals surface area contributed by atoms with Gasteiger partial charge in [-0.15, -0.1) is 0 Å². The van der Waals surface area contributed by atoms with Gasteiger partial charge in [0.05, 0.1) is 18.7 Å². The lowest BCUT2D eigenvalue weighted by Crippen LogP contribution is -2.35. The Bertz CT molecular complexity index is 1030. The van der Waals surface area contributed by atoms with Crippen LogP contribution in [0.1, 0.15) is 41.9 Å². The Kier molecular flexibility index (Phi) is 4.21. The minimum Gasteiger partial charge on any atom is -0.468 e. The molecule has 1 aromatic heterocycles. The molecule has 0 bridgehead atoms. The monoisotopic (exact) mass is 370 g/mol. The number of hydrogen-bond acceptors (Lipinski definition) is 3. The van der Waals surface area contributed by atoms with Crippen molar-refractivity contribution in [2.75, 3.05) is 7.11 Å². The zero-order chi connectivity index (χ0) is 19.2. The van der Waals surface area contributed by atoms with Gasteiger partial charge in [0.25, 0.3) is 0 Å². The number of nitrogens with zero attached hydrogens (tertiary/aromatic N) is 1. The lowest BCUT2D eigenvalue weighted by molar-refractivity contribution is -0.147. The number of esters is 1. The molecular formula is C21H20F2N2O2. The van der Waals surface area contributed by atoms with Crippen molar-refractivity contribution in [1.82, 2.24) is 10.2 Å². The molecule has 1 heterocycles. The number of nitrogens with one attached hydrogen (secondary N) is 1. The molecule has 1 aliphatic carbocycles. The Morgan fingerprint density at radius 3 is 2.89 bits per heavy atom. The van der Waals surface area contributed by atoms with Crippen LogP contribution in [0.15, 0.2) is 36.5 Å². The second-order valence-corrected chi connectivity index (χ2v) is 7.23. The van der Waals surface area contributed by atoms with Gasteiger partial charge >= 0.3 is 5.97 Å². The van der Waals surface area contributed by atoms with Gasteiger partial charge in [-0.2, -0.15) is 5.10 Å². The number of methoxy groups -OCH3 is 1. The molecule has 27 heavy (non-hydrogen) atoms. The topological polar surface area (TPSA) is 55.0 Å². The number of benzene rings is 2. The fourth-order valence-corrected chi connectivity index (χ4v) is 4.48. The van der Waals surface area contributed by atoms with Gasteiger partial charge in [-0.3, -0.25) is 9.89 Å². The molecule has 1 saturated carbocycles. The fourth-order valence-electron chi connectivity index (χ4n) is 4.48. The van der Waals surface area contributed by atoms with Gasteiger partial charge in [0.1, 0.15) is 11.3 Å². The van der Waals surface area contributed by atoms with E-state index in [1.807, 2.05) is 6.07 Å². The minimum absolute atomic E-state index is 0.167. The molecule has 4 nitrogen and oxygen atoms in total. The number of carbonyl (C=O) groups is 1. The Labute approximate surface area is 155 Å². The van der Waals surface area contributed by atoms with Crippen LogP contribution >= 0.6 is 0 Å². The highest BCUT2D eigenvalue weighted by Crippen LogP contribution is 2.50. The van der Waals surface area contributed by atoms with E-state index in [1.54, 1.807) is 31.3 Å². The van der Waals surface area contributed by atoms with E-state index in [4.69, 9.17) is 4.74 Å². The maximum Gasteiger partial charge on any atom is 0.316 e. The number of ether oxygens (including phenoxy) is 1. The minimum atomic E-state index is -0.971. The standard InChI is InChI=1S/C21H20F2N2O2/c1-12-16(4-3-5-17(12)22)21(20(26)27-2)9-8-13(10-21)15-7-6-14-11-24-25-19(14)18(15)23/h3-7,11,13H,8-10H2,1-2H3,(H,24,25)/t13-,21+/m1/s1. The summed E-state index contributed by atoms with van der Waals surface area (Å²) in [5, 5.41) is 7.28. The molecule has 4 rings (SSSR count). The van der Waals surface area contributed by atoms with Crippen molar-refractivity contribution in [3.05, 3.63) is 64.9 Å².